The molecule has 0 atom stereocenters. The second kappa shape index (κ2) is 9.28. The number of hydrogen-bond donors (Lipinski definition) is 0. The van der Waals surface area contributed by atoms with E-state index in [9.17, 15) is 9.18 Å². The molecule has 150 valence electrons. The molecule has 5 nitrogen and oxygen atoms in total. The van der Waals surface area contributed by atoms with Gasteiger partial charge in [-0.2, -0.15) is 4.98 Å². The molecule has 0 aliphatic heterocycles. The van der Waals surface area contributed by atoms with Crippen molar-refractivity contribution < 1.29 is 13.9 Å². The van der Waals surface area contributed by atoms with Crippen LogP contribution < -0.4 is 4.74 Å². The lowest BCUT2D eigenvalue weighted by Gasteiger charge is -2.21. The van der Waals surface area contributed by atoms with Crippen molar-refractivity contribution in [1.29, 1.82) is 0 Å². The molecule has 1 amide bonds. The van der Waals surface area contributed by atoms with Gasteiger partial charge in [-0.3, -0.25) is 4.79 Å². The first kappa shape index (κ1) is 20.5. The molecule has 0 saturated carbocycles. The van der Waals surface area contributed by atoms with E-state index >= 15 is 0 Å². The Kier molecular flexibility index (Phi) is 6.54. The van der Waals surface area contributed by atoms with Crippen LogP contribution >= 0.6 is 0 Å². The van der Waals surface area contributed by atoms with E-state index in [-0.39, 0.29) is 18.3 Å². The smallest absolute Gasteiger partial charge is 0.260 e. The Bertz CT molecular complexity index is 975. The summed E-state index contributed by atoms with van der Waals surface area (Å²) in [6.07, 6.45) is 0. The number of amides is 1. The fourth-order valence-corrected chi connectivity index (χ4v) is 2.87. The Morgan fingerprint density at radius 2 is 1.72 bits per heavy atom. The van der Waals surface area contributed by atoms with Crippen LogP contribution in [-0.2, 0) is 11.3 Å². The second-order valence-electron chi connectivity index (χ2n) is 6.75. The van der Waals surface area contributed by atoms with E-state index in [4.69, 9.17) is 4.74 Å². The van der Waals surface area contributed by atoms with Gasteiger partial charge in [0.05, 0.1) is 0 Å². The van der Waals surface area contributed by atoms with E-state index in [1.165, 1.54) is 12.1 Å². The normalized spacial score (nSPS) is 10.6. The summed E-state index contributed by atoms with van der Waals surface area (Å²) in [5.41, 5.74) is 3.27. The standard InChI is InChI=1S/C23H24FN3O2/c1-4-27(14-18-8-6-5-7-9-18)21(28)15-29-23-16(2)17(3)25-22(26-23)19-10-12-20(24)13-11-19/h5-13H,4,14-15H2,1-3H3. The minimum absolute atomic E-state index is 0.110. The molecule has 3 rings (SSSR count). The maximum absolute atomic E-state index is 13.2. The van der Waals surface area contributed by atoms with Crippen molar-refractivity contribution >= 4 is 5.91 Å². The van der Waals surface area contributed by atoms with Crippen molar-refractivity contribution in [3.05, 3.63) is 77.2 Å². The fraction of sp³-hybridized carbons (Fsp3) is 0.261. The van der Waals surface area contributed by atoms with Gasteiger partial charge in [-0.15, -0.1) is 0 Å². The lowest BCUT2D eigenvalue weighted by Crippen LogP contribution is -2.34. The van der Waals surface area contributed by atoms with Crippen molar-refractivity contribution in [1.82, 2.24) is 14.9 Å². The Morgan fingerprint density at radius 3 is 2.38 bits per heavy atom. The van der Waals surface area contributed by atoms with Gasteiger partial charge >= 0.3 is 0 Å². The maximum Gasteiger partial charge on any atom is 0.260 e. The van der Waals surface area contributed by atoms with Gasteiger partial charge in [0.25, 0.3) is 5.91 Å². The zero-order valence-corrected chi connectivity index (χ0v) is 16.9. The molecule has 1 heterocycles. The summed E-state index contributed by atoms with van der Waals surface area (Å²) in [6, 6.07) is 15.8. The molecule has 0 aliphatic carbocycles. The second-order valence-corrected chi connectivity index (χ2v) is 6.75. The molecule has 3 aromatic rings. The third kappa shape index (κ3) is 5.16. The Hall–Kier alpha value is -3.28. The zero-order valence-electron chi connectivity index (χ0n) is 16.9. The maximum atomic E-state index is 13.2. The molecule has 0 radical (unpaired) electrons. The highest BCUT2D eigenvalue weighted by Crippen LogP contribution is 2.23. The highest BCUT2D eigenvalue weighted by molar-refractivity contribution is 5.77. The molecule has 0 unspecified atom stereocenters. The number of rotatable bonds is 7. The first-order valence-electron chi connectivity index (χ1n) is 9.53. The molecular weight excluding hydrogens is 369 g/mol. The third-order valence-corrected chi connectivity index (χ3v) is 4.73. The zero-order chi connectivity index (χ0) is 20.8. The minimum Gasteiger partial charge on any atom is -0.467 e. The third-order valence-electron chi connectivity index (χ3n) is 4.73. The van der Waals surface area contributed by atoms with Crippen LogP contribution in [0.3, 0.4) is 0 Å². The summed E-state index contributed by atoms with van der Waals surface area (Å²) in [5, 5.41) is 0. The molecule has 0 spiro atoms. The van der Waals surface area contributed by atoms with Gasteiger partial charge in [0.1, 0.15) is 5.82 Å². The molecule has 0 aliphatic rings. The van der Waals surface area contributed by atoms with Crippen LogP contribution in [0.5, 0.6) is 5.88 Å². The van der Waals surface area contributed by atoms with Crippen LogP contribution in [0.25, 0.3) is 11.4 Å². The monoisotopic (exact) mass is 393 g/mol. The van der Waals surface area contributed by atoms with Crippen molar-refractivity contribution in [3.8, 4) is 17.3 Å². The van der Waals surface area contributed by atoms with Crippen molar-refractivity contribution in [3.63, 3.8) is 0 Å². The quantitative estimate of drug-likeness (QED) is 0.600. The highest BCUT2D eigenvalue weighted by Gasteiger charge is 2.16. The molecule has 0 saturated heterocycles. The summed E-state index contributed by atoms with van der Waals surface area (Å²) >= 11 is 0. The number of carbonyl (C=O) groups is 1. The summed E-state index contributed by atoms with van der Waals surface area (Å²) in [7, 11) is 0. The van der Waals surface area contributed by atoms with Crippen LogP contribution in [0.1, 0.15) is 23.7 Å². The first-order valence-corrected chi connectivity index (χ1v) is 9.53. The Labute approximate surface area is 170 Å². The molecule has 29 heavy (non-hydrogen) atoms. The van der Waals surface area contributed by atoms with Crippen molar-refractivity contribution in [2.45, 2.75) is 27.3 Å². The van der Waals surface area contributed by atoms with Crippen LogP contribution in [0.2, 0.25) is 0 Å². The van der Waals surface area contributed by atoms with Crippen molar-refractivity contribution in [2.24, 2.45) is 0 Å². The molecule has 0 fully saturated rings. The average molecular weight is 393 g/mol. The summed E-state index contributed by atoms with van der Waals surface area (Å²) in [4.78, 5) is 23.3. The Morgan fingerprint density at radius 1 is 1.03 bits per heavy atom. The van der Waals surface area contributed by atoms with Gasteiger partial charge in [0, 0.05) is 29.9 Å². The van der Waals surface area contributed by atoms with Gasteiger partial charge < -0.3 is 9.64 Å². The SMILES string of the molecule is CCN(Cc1ccccc1)C(=O)COc1nc(-c2ccc(F)cc2)nc(C)c1C. The number of likely N-dealkylation sites (N-methyl/N-ethyl adjacent to an activating group) is 1. The average Bonchev–Trinajstić information content (AvgIpc) is 2.74. The number of nitrogens with zero attached hydrogens (tertiary/aromatic N) is 3. The van der Waals surface area contributed by atoms with E-state index in [0.717, 1.165) is 16.8 Å². The fourth-order valence-electron chi connectivity index (χ4n) is 2.87. The number of halogens is 1. The molecule has 0 N–H and O–H groups in total. The van der Waals surface area contributed by atoms with Gasteiger partial charge in [0.15, 0.2) is 12.4 Å². The van der Waals surface area contributed by atoms with Gasteiger partial charge in [-0.05, 0) is 50.6 Å². The first-order chi connectivity index (χ1) is 14.0. The van der Waals surface area contributed by atoms with E-state index in [2.05, 4.69) is 9.97 Å². The van der Waals surface area contributed by atoms with Crippen LogP contribution in [0.4, 0.5) is 4.39 Å². The van der Waals surface area contributed by atoms with Gasteiger partial charge in [-0.25, -0.2) is 9.37 Å². The van der Waals surface area contributed by atoms with Gasteiger partial charge in [0.2, 0.25) is 5.88 Å². The summed E-state index contributed by atoms with van der Waals surface area (Å²) in [5.74, 6) is 0.362. The minimum atomic E-state index is -0.322. The molecule has 0 bridgehead atoms. The molecule has 6 heteroatoms. The molecular formula is C23H24FN3O2. The summed E-state index contributed by atoms with van der Waals surface area (Å²) < 4.78 is 19.0. The molecule has 1 aromatic heterocycles. The lowest BCUT2D eigenvalue weighted by molar-refractivity contribution is -0.133. The van der Waals surface area contributed by atoms with Crippen LogP contribution in [-0.4, -0.2) is 33.9 Å². The van der Waals surface area contributed by atoms with Crippen LogP contribution in [0.15, 0.2) is 54.6 Å². The van der Waals surface area contributed by atoms with Gasteiger partial charge in [-0.1, -0.05) is 30.3 Å². The van der Waals surface area contributed by atoms with Crippen LogP contribution in [0, 0.1) is 19.7 Å². The number of benzene rings is 2. The number of hydrogen-bond acceptors (Lipinski definition) is 4. The largest absolute Gasteiger partial charge is 0.467 e. The van der Waals surface area contributed by atoms with E-state index < -0.39 is 0 Å². The lowest BCUT2D eigenvalue weighted by atomic mass is 10.2. The number of carbonyl (C=O) groups excluding carboxylic acids is 1. The number of aryl methyl sites for hydroxylation is 1. The molecule has 2 aromatic carbocycles. The van der Waals surface area contributed by atoms with E-state index in [1.54, 1.807) is 17.0 Å². The number of aromatic nitrogens is 2. The Balaban J connectivity index is 1.73. The van der Waals surface area contributed by atoms with Crippen molar-refractivity contribution in [2.75, 3.05) is 13.2 Å². The van der Waals surface area contributed by atoms with E-state index in [1.807, 2.05) is 51.1 Å². The predicted octanol–water partition coefficient (Wildman–Crippen LogP) is 4.33. The number of ether oxygens (including phenoxy) is 1. The summed E-state index contributed by atoms with van der Waals surface area (Å²) in [6.45, 7) is 6.65. The topological polar surface area (TPSA) is 55.3 Å². The predicted molar refractivity (Wildman–Crippen MR) is 110 cm³/mol. The van der Waals surface area contributed by atoms with E-state index in [0.29, 0.717) is 30.4 Å². The highest BCUT2D eigenvalue weighted by atomic mass is 19.1.